The van der Waals surface area contributed by atoms with E-state index < -0.39 is 6.03 Å². The summed E-state index contributed by atoms with van der Waals surface area (Å²) in [4.78, 5) is 12.2. The van der Waals surface area contributed by atoms with E-state index in [2.05, 4.69) is 10.2 Å². The summed E-state index contributed by atoms with van der Waals surface area (Å²) in [6.45, 7) is 0. The molecule has 0 bridgehead atoms. The lowest BCUT2D eigenvalue weighted by molar-refractivity contribution is 0.192. The Morgan fingerprint density at radius 2 is 2.25 bits per heavy atom. The second-order valence-corrected chi connectivity index (χ2v) is 1.95. The summed E-state index contributed by atoms with van der Waals surface area (Å²) in [6.07, 6.45) is 2.32. The SMILES string of the molecule is CN(C)C(=O)N(C#N)N=CN=N. The van der Waals surface area contributed by atoms with Gasteiger partial charge in [0.05, 0.1) is 0 Å². The van der Waals surface area contributed by atoms with Crippen LogP contribution in [0.3, 0.4) is 0 Å². The predicted molar refractivity (Wildman–Crippen MR) is 40.2 cm³/mol. The second-order valence-electron chi connectivity index (χ2n) is 1.95. The summed E-state index contributed by atoms with van der Waals surface area (Å²) in [6, 6.07) is -0.586. The van der Waals surface area contributed by atoms with Gasteiger partial charge in [-0.15, -0.1) is 15.2 Å². The molecule has 64 valence electrons. The molecule has 0 rings (SSSR count). The normalized spacial score (nSPS) is 9.08. The number of carbonyl (C=O) groups is 1. The minimum atomic E-state index is -0.586. The molecule has 0 fully saturated rings. The Balaban J connectivity index is 4.37. The Kier molecular flexibility index (Phi) is 4.00. The Bertz CT molecular complexity index is 239. The molecule has 0 heterocycles. The molecule has 7 nitrogen and oxygen atoms in total. The molecule has 0 aromatic rings. The Labute approximate surface area is 69.4 Å². The van der Waals surface area contributed by atoms with Crippen molar-refractivity contribution in [1.29, 1.82) is 10.8 Å². The van der Waals surface area contributed by atoms with Gasteiger partial charge in [0.25, 0.3) is 0 Å². The zero-order valence-electron chi connectivity index (χ0n) is 6.72. The first-order valence-electron chi connectivity index (χ1n) is 2.93. The molecule has 0 saturated carbocycles. The lowest BCUT2D eigenvalue weighted by Crippen LogP contribution is -2.32. The van der Waals surface area contributed by atoms with Gasteiger partial charge in [-0.3, -0.25) is 0 Å². The van der Waals surface area contributed by atoms with Crippen LogP contribution in [-0.2, 0) is 0 Å². The summed E-state index contributed by atoms with van der Waals surface area (Å²) in [5, 5.41) is 15.0. The van der Waals surface area contributed by atoms with E-state index in [4.69, 9.17) is 10.8 Å². The van der Waals surface area contributed by atoms with Gasteiger partial charge in [0.1, 0.15) is 0 Å². The third kappa shape index (κ3) is 2.74. The van der Waals surface area contributed by atoms with E-state index in [-0.39, 0.29) is 0 Å². The van der Waals surface area contributed by atoms with E-state index in [0.717, 1.165) is 6.34 Å². The van der Waals surface area contributed by atoms with Gasteiger partial charge >= 0.3 is 6.03 Å². The molecular formula is C5H8N6O. The van der Waals surface area contributed by atoms with Crippen molar-refractivity contribution in [3.05, 3.63) is 0 Å². The van der Waals surface area contributed by atoms with Gasteiger partial charge in [0, 0.05) is 14.1 Å². The van der Waals surface area contributed by atoms with E-state index >= 15 is 0 Å². The van der Waals surface area contributed by atoms with Crippen LogP contribution in [0.1, 0.15) is 0 Å². The average molecular weight is 168 g/mol. The fourth-order valence-electron chi connectivity index (χ4n) is 0.385. The molecule has 0 spiro atoms. The number of carbonyl (C=O) groups excluding carboxylic acids is 1. The summed E-state index contributed by atoms with van der Waals surface area (Å²) in [5.41, 5.74) is 6.33. The highest BCUT2D eigenvalue weighted by molar-refractivity contribution is 5.76. The highest BCUT2D eigenvalue weighted by Gasteiger charge is 2.12. The van der Waals surface area contributed by atoms with Crippen LogP contribution >= 0.6 is 0 Å². The predicted octanol–water partition coefficient (Wildman–Crippen LogP) is 0.425. The molecule has 0 aromatic carbocycles. The van der Waals surface area contributed by atoms with Crippen LogP contribution in [-0.4, -0.2) is 36.4 Å². The molecule has 0 atom stereocenters. The maximum Gasteiger partial charge on any atom is 0.354 e. The van der Waals surface area contributed by atoms with Gasteiger partial charge in [-0.1, -0.05) is 0 Å². The number of hydrogen-bond acceptors (Lipinski definition) is 4. The number of urea groups is 1. The number of rotatable bonds is 2. The highest BCUT2D eigenvalue weighted by Crippen LogP contribution is 1.92. The van der Waals surface area contributed by atoms with E-state index in [1.54, 1.807) is 0 Å². The summed E-state index contributed by atoms with van der Waals surface area (Å²) in [5.74, 6) is 0. The number of hydrogen-bond donors (Lipinski definition) is 1. The topological polar surface area (TPSA) is 95.9 Å². The first-order chi connectivity index (χ1) is 5.63. The minimum Gasteiger partial charge on any atom is -0.328 e. The molecule has 2 amide bonds. The number of nitriles is 1. The van der Waals surface area contributed by atoms with Crippen molar-refractivity contribution in [2.75, 3.05) is 14.1 Å². The molecule has 0 aliphatic heterocycles. The van der Waals surface area contributed by atoms with Crippen molar-refractivity contribution in [2.45, 2.75) is 0 Å². The lowest BCUT2D eigenvalue weighted by atomic mass is 10.8. The van der Waals surface area contributed by atoms with Crippen LogP contribution in [0.5, 0.6) is 0 Å². The first-order valence-corrected chi connectivity index (χ1v) is 2.93. The minimum absolute atomic E-state index is 0.526. The van der Waals surface area contributed by atoms with Gasteiger partial charge in [-0.05, 0) is 0 Å². The van der Waals surface area contributed by atoms with Crippen molar-refractivity contribution in [3.8, 4) is 6.19 Å². The van der Waals surface area contributed by atoms with Crippen molar-refractivity contribution >= 4 is 12.4 Å². The summed E-state index contributed by atoms with van der Waals surface area (Å²) >= 11 is 0. The van der Waals surface area contributed by atoms with E-state index in [1.165, 1.54) is 25.2 Å². The quantitative estimate of drug-likeness (QED) is 0.161. The molecular weight excluding hydrogens is 160 g/mol. The van der Waals surface area contributed by atoms with Crippen LogP contribution in [0.25, 0.3) is 0 Å². The largest absolute Gasteiger partial charge is 0.354 e. The number of nitrogens with one attached hydrogen (secondary N) is 1. The number of nitrogens with zero attached hydrogens (tertiary/aromatic N) is 5. The van der Waals surface area contributed by atoms with E-state index in [1.807, 2.05) is 0 Å². The summed E-state index contributed by atoms with van der Waals surface area (Å²) in [7, 11) is 2.97. The van der Waals surface area contributed by atoms with Gasteiger partial charge in [0.2, 0.25) is 6.19 Å². The molecule has 0 aliphatic carbocycles. The zero-order chi connectivity index (χ0) is 9.56. The monoisotopic (exact) mass is 168 g/mol. The molecule has 0 radical (unpaired) electrons. The lowest BCUT2D eigenvalue weighted by Gasteiger charge is -2.12. The highest BCUT2D eigenvalue weighted by atomic mass is 16.2. The van der Waals surface area contributed by atoms with E-state index in [9.17, 15) is 4.79 Å². The Hall–Kier alpha value is -1.97. The van der Waals surface area contributed by atoms with Crippen molar-refractivity contribution in [3.63, 3.8) is 0 Å². The second kappa shape index (κ2) is 4.79. The van der Waals surface area contributed by atoms with Crippen molar-refractivity contribution in [2.24, 2.45) is 10.2 Å². The van der Waals surface area contributed by atoms with Crippen LogP contribution in [0, 0.1) is 17.0 Å². The molecule has 7 heteroatoms. The van der Waals surface area contributed by atoms with Gasteiger partial charge < -0.3 is 4.90 Å². The zero-order valence-corrected chi connectivity index (χ0v) is 6.72. The van der Waals surface area contributed by atoms with E-state index in [0.29, 0.717) is 5.01 Å². The standard InChI is InChI=1S/C5H8N6O/c1-10(2)5(12)11(3-6)9-4-8-7/h4,7H,1-2H3. The molecule has 12 heavy (non-hydrogen) atoms. The molecule has 0 aromatic heterocycles. The molecule has 0 saturated heterocycles. The number of amides is 2. The van der Waals surface area contributed by atoms with Crippen LogP contribution < -0.4 is 0 Å². The third-order valence-electron chi connectivity index (χ3n) is 0.883. The van der Waals surface area contributed by atoms with Crippen molar-refractivity contribution < 1.29 is 4.79 Å². The number of hydrazone groups is 1. The Morgan fingerprint density at radius 1 is 1.67 bits per heavy atom. The smallest absolute Gasteiger partial charge is 0.328 e. The third-order valence-corrected chi connectivity index (χ3v) is 0.883. The molecule has 0 aliphatic rings. The van der Waals surface area contributed by atoms with Crippen molar-refractivity contribution in [1.82, 2.24) is 9.91 Å². The van der Waals surface area contributed by atoms with Gasteiger partial charge in [-0.25, -0.2) is 10.3 Å². The van der Waals surface area contributed by atoms with Crippen LogP contribution in [0.15, 0.2) is 10.2 Å². The van der Waals surface area contributed by atoms with Crippen LogP contribution in [0.2, 0.25) is 0 Å². The summed E-state index contributed by atoms with van der Waals surface area (Å²) < 4.78 is 0. The fraction of sp³-hybridized carbons (Fsp3) is 0.400. The Morgan fingerprint density at radius 3 is 2.58 bits per heavy atom. The molecule has 1 N–H and O–H groups in total. The maximum atomic E-state index is 11.0. The van der Waals surface area contributed by atoms with Crippen LogP contribution in [0.4, 0.5) is 4.79 Å². The average Bonchev–Trinajstić information content (AvgIpc) is 2.05. The van der Waals surface area contributed by atoms with Gasteiger partial charge in [-0.2, -0.15) is 5.26 Å². The fourth-order valence-corrected chi connectivity index (χ4v) is 0.385. The molecule has 0 unspecified atom stereocenters. The first kappa shape index (κ1) is 10.0. The maximum absolute atomic E-state index is 11.0. The van der Waals surface area contributed by atoms with Gasteiger partial charge in [0.15, 0.2) is 6.34 Å².